The third-order valence-corrected chi connectivity index (χ3v) is 5.10. The van der Waals surface area contributed by atoms with Crippen molar-refractivity contribution < 1.29 is 18.8 Å². The van der Waals surface area contributed by atoms with Crippen LogP contribution in [0.4, 0.5) is 9.18 Å². The molecule has 28 heavy (non-hydrogen) atoms. The molecule has 1 heterocycles. The van der Waals surface area contributed by atoms with E-state index in [1.807, 2.05) is 31.2 Å². The van der Waals surface area contributed by atoms with Crippen LogP contribution in [0.3, 0.4) is 0 Å². The van der Waals surface area contributed by atoms with E-state index in [2.05, 4.69) is 10.6 Å². The van der Waals surface area contributed by atoms with Gasteiger partial charge in [-0.05, 0) is 37.1 Å². The topological polar surface area (TPSA) is 78.5 Å². The molecule has 1 unspecified atom stereocenters. The van der Waals surface area contributed by atoms with Crippen molar-refractivity contribution in [3.05, 3.63) is 70.0 Å². The van der Waals surface area contributed by atoms with Gasteiger partial charge in [-0.15, -0.1) is 0 Å². The summed E-state index contributed by atoms with van der Waals surface area (Å²) in [5, 5.41) is 5.27. The van der Waals surface area contributed by atoms with E-state index in [9.17, 15) is 18.8 Å². The molecule has 0 spiro atoms. The van der Waals surface area contributed by atoms with Gasteiger partial charge in [0.05, 0.1) is 0 Å². The van der Waals surface area contributed by atoms with Crippen LogP contribution in [-0.4, -0.2) is 29.3 Å². The minimum atomic E-state index is -1.47. The molecule has 1 fully saturated rings. The Labute approximate surface area is 166 Å². The van der Waals surface area contributed by atoms with Gasteiger partial charge in [-0.25, -0.2) is 9.18 Å². The average molecular weight is 404 g/mol. The van der Waals surface area contributed by atoms with E-state index in [1.54, 1.807) is 0 Å². The van der Waals surface area contributed by atoms with Crippen LogP contribution < -0.4 is 10.6 Å². The van der Waals surface area contributed by atoms with Gasteiger partial charge in [-0.3, -0.25) is 14.5 Å². The van der Waals surface area contributed by atoms with Gasteiger partial charge in [-0.2, -0.15) is 0 Å². The fourth-order valence-corrected chi connectivity index (χ4v) is 3.48. The lowest BCUT2D eigenvalue weighted by molar-refractivity contribution is -0.134. The Bertz CT molecular complexity index is 965. The van der Waals surface area contributed by atoms with Crippen molar-refractivity contribution in [1.29, 1.82) is 0 Å². The van der Waals surface area contributed by atoms with Crippen molar-refractivity contribution >= 4 is 29.4 Å². The van der Waals surface area contributed by atoms with Crippen LogP contribution in [0.2, 0.25) is 5.02 Å². The number of halogens is 2. The highest BCUT2D eigenvalue weighted by molar-refractivity contribution is 6.32. The van der Waals surface area contributed by atoms with Gasteiger partial charge in [-0.1, -0.05) is 41.9 Å². The first-order valence-electron chi connectivity index (χ1n) is 8.63. The maximum Gasteiger partial charge on any atom is 0.325 e. The summed E-state index contributed by atoms with van der Waals surface area (Å²) in [6.45, 7) is 3.26. The number of imide groups is 1. The summed E-state index contributed by atoms with van der Waals surface area (Å²) in [5.74, 6) is -1.65. The second-order valence-electron chi connectivity index (χ2n) is 6.77. The Morgan fingerprint density at radius 2 is 1.96 bits per heavy atom. The molecule has 2 aromatic rings. The summed E-state index contributed by atoms with van der Waals surface area (Å²) in [5.41, 5.74) is 0.752. The lowest BCUT2D eigenvalue weighted by atomic mass is 9.92. The maximum absolute atomic E-state index is 13.3. The number of carbonyl (C=O) groups excluding carboxylic acids is 3. The molecule has 8 heteroatoms. The van der Waals surface area contributed by atoms with Crippen molar-refractivity contribution in [1.82, 2.24) is 15.5 Å². The number of benzene rings is 2. The van der Waals surface area contributed by atoms with Crippen LogP contribution in [0, 0.1) is 12.7 Å². The van der Waals surface area contributed by atoms with E-state index in [0.29, 0.717) is 0 Å². The van der Waals surface area contributed by atoms with Crippen LogP contribution in [-0.2, 0) is 21.7 Å². The van der Waals surface area contributed by atoms with E-state index in [1.165, 1.54) is 13.0 Å². The molecule has 2 aromatic carbocycles. The molecule has 0 bridgehead atoms. The molecule has 0 aliphatic carbocycles. The fraction of sp³-hybridized carbons (Fsp3) is 0.250. The number of nitrogens with one attached hydrogen (secondary N) is 2. The van der Waals surface area contributed by atoms with Crippen molar-refractivity contribution in [2.75, 3.05) is 6.54 Å². The number of urea groups is 1. The maximum atomic E-state index is 13.3. The fourth-order valence-electron chi connectivity index (χ4n) is 3.12. The molecule has 3 rings (SSSR count). The van der Waals surface area contributed by atoms with E-state index in [4.69, 9.17) is 11.6 Å². The quantitative estimate of drug-likeness (QED) is 0.753. The van der Waals surface area contributed by atoms with Crippen LogP contribution in [0.1, 0.15) is 23.6 Å². The van der Waals surface area contributed by atoms with Crippen molar-refractivity contribution in [3.63, 3.8) is 0 Å². The van der Waals surface area contributed by atoms with Gasteiger partial charge in [0, 0.05) is 17.1 Å². The lowest BCUT2D eigenvalue weighted by Crippen LogP contribution is -2.43. The van der Waals surface area contributed by atoms with Crippen molar-refractivity contribution in [2.24, 2.45) is 0 Å². The lowest BCUT2D eigenvalue weighted by Gasteiger charge is -2.23. The molecule has 1 atom stereocenters. The molecule has 6 nitrogen and oxygen atoms in total. The molecular formula is C20H19ClFN3O3. The molecular weight excluding hydrogens is 385 g/mol. The smallest absolute Gasteiger partial charge is 0.325 e. The largest absolute Gasteiger partial charge is 0.350 e. The van der Waals surface area contributed by atoms with Crippen LogP contribution in [0.5, 0.6) is 0 Å². The summed E-state index contributed by atoms with van der Waals surface area (Å²) < 4.78 is 13.3. The monoisotopic (exact) mass is 403 g/mol. The molecule has 0 radical (unpaired) electrons. The molecule has 1 aliphatic rings. The van der Waals surface area contributed by atoms with E-state index in [-0.39, 0.29) is 17.1 Å². The van der Waals surface area contributed by atoms with Crippen LogP contribution in [0.15, 0.2) is 42.5 Å². The minimum Gasteiger partial charge on any atom is -0.350 e. The van der Waals surface area contributed by atoms with Gasteiger partial charge in [0.2, 0.25) is 5.91 Å². The number of hydrogen-bond donors (Lipinski definition) is 2. The highest BCUT2D eigenvalue weighted by Gasteiger charge is 2.50. The normalized spacial score (nSPS) is 18.9. The predicted molar refractivity (Wildman–Crippen MR) is 102 cm³/mol. The Kier molecular flexibility index (Phi) is 5.38. The van der Waals surface area contributed by atoms with Gasteiger partial charge in [0.25, 0.3) is 5.91 Å². The number of nitrogens with zero attached hydrogens (tertiary/aromatic N) is 1. The zero-order valence-corrected chi connectivity index (χ0v) is 16.1. The zero-order chi connectivity index (χ0) is 20.5. The Morgan fingerprint density at radius 1 is 1.25 bits per heavy atom. The molecule has 2 N–H and O–H groups in total. The van der Waals surface area contributed by atoms with Gasteiger partial charge >= 0.3 is 6.03 Å². The van der Waals surface area contributed by atoms with E-state index < -0.39 is 35.7 Å². The molecule has 146 valence electrons. The standard InChI is InChI=1S/C20H19ClFN3O3/c1-12-5-3-4-6-13(12)10-23-17(26)11-25-18(27)20(2,24-19(25)28)15-8-7-14(22)9-16(15)21/h3-9H,10-11H2,1-2H3,(H,23,26)(H,24,28). The van der Waals surface area contributed by atoms with Crippen molar-refractivity contribution in [2.45, 2.75) is 25.9 Å². The van der Waals surface area contributed by atoms with Crippen molar-refractivity contribution in [3.8, 4) is 0 Å². The van der Waals surface area contributed by atoms with Crippen LogP contribution >= 0.6 is 11.6 Å². The summed E-state index contributed by atoms with van der Waals surface area (Å²) in [7, 11) is 0. The molecule has 0 aromatic heterocycles. The molecule has 0 saturated carbocycles. The summed E-state index contributed by atoms with van der Waals surface area (Å²) in [6.07, 6.45) is 0. The number of amides is 4. The van der Waals surface area contributed by atoms with Gasteiger partial charge < -0.3 is 10.6 Å². The van der Waals surface area contributed by atoms with E-state index in [0.717, 1.165) is 28.2 Å². The summed E-state index contributed by atoms with van der Waals surface area (Å²) in [6, 6.07) is 10.4. The Morgan fingerprint density at radius 3 is 2.64 bits per heavy atom. The van der Waals surface area contributed by atoms with E-state index >= 15 is 0 Å². The first kappa shape index (κ1) is 19.8. The number of hydrogen-bond acceptors (Lipinski definition) is 3. The molecule has 1 saturated heterocycles. The first-order chi connectivity index (χ1) is 13.2. The second kappa shape index (κ2) is 7.59. The average Bonchev–Trinajstić information content (AvgIpc) is 2.84. The number of rotatable bonds is 5. The third kappa shape index (κ3) is 3.71. The summed E-state index contributed by atoms with van der Waals surface area (Å²) >= 11 is 6.06. The molecule has 4 amide bonds. The first-order valence-corrected chi connectivity index (χ1v) is 9.01. The SMILES string of the molecule is Cc1ccccc1CNC(=O)CN1C(=O)NC(C)(c2ccc(F)cc2Cl)C1=O. The highest BCUT2D eigenvalue weighted by atomic mass is 35.5. The predicted octanol–water partition coefficient (Wildman–Crippen LogP) is 2.87. The highest BCUT2D eigenvalue weighted by Crippen LogP contribution is 2.33. The second-order valence-corrected chi connectivity index (χ2v) is 7.18. The third-order valence-electron chi connectivity index (χ3n) is 4.78. The number of carbonyl (C=O) groups is 3. The number of aryl methyl sites for hydroxylation is 1. The Hall–Kier alpha value is -2.93. The Balaban J connectivity index is 1.71. The minimum absolute atomic E-state index is 0.0157. The van der Waals surface area contributed by atoms with Crippen LogP contribution in [0.25, 0.3) is 0 Å². The van der Waals surface area contributed by atoms with Gasteiger partial charge in [0.1, 0.15) is 17.9 Å². The zero-order valence-electron chi connectivity index (χ0n) is 15.4. The molecule has 1 aliphatic heterocycles. The summed E-state index contributed by atoms with van der Waals surface area (Å²) in [4.78, 5) is 38.3. The van der Waals surface area contributed by atoms with Gasteiger partial charge in [0.15, 0.2) is 0 Å².